The number of imidazole rings is 1. The van der Waals surface area contributed by atoms with E-state index in [2.05, 4.69) is 15.0 Å². The number of rotatable bonds is 2. The minimum absolute atomic E-state index is 0.215. The summed E-state index contributed by atoms with van der Waals surface area (Å²) in [7, 11) is 0. The summed E-state index contributed by atoms with van der Waals surface area (Å²) < 4.78 is 36.9. The molecule has 2 N–H and O–H groups in total. The molecule has 0 unspecified atom stereocenters. The second-order valence-electron chi connectivity index (χ2n) is 3.35. The van der Waals surface area contributed by atoms with Crippen molar-refractivity contribution < 1.29 is 18.3 Å². The Hall–Kier alpha value is -1.89. The van der Waals surface area contributed by atoms with Crippen LogP contribution in [0, 0.1) is 0 Å². The van der Waals surface area contributed by atoms with Crippen LogP contribution in [0.4, 0.5) is 13.2 Å². The van der Waals surface area contributed by atoms with Crippen molar-refractivity contribution in [3.05, 3.63) is 35.8 Å². The average molecular weight is 243 g/mol. The van der Waals surface area contributed by atoms with Gasteiger partial charge in [0.15, 0.2) is 5.82 Å². The van der Waals surface area contributed by atoms with E-state index in [1.54, 1.807) is 0 Å². The highest BCUT2D eigenvalue weighted by Crippen LogP contribution is 2.29. The minimum atomic E-state index is -4.40. The van der Waals surface area contributed by atoms with Gasteiger partial charge in [-0.05, 0) is 12.1 Å². The van der Waals surface area contributed by atoms with E-state index in [0.29, 0.717) is 11.5 Å². The van der Waals surface area contributed by atoms with E-state index in [0.717, 1.165) is 12.3 Å². The maximum Gasteiger partial charge on any atom is 0.417 e. The topological polar surface area (TPSA) is 61.8 Å². The van der Waals surface area contributed by atoms with E-state index >= 15 is 0 Å². The fraction of sp³-hybridized carbons (Fsp3) is 0.200. The standard InChI is InChI=1S/C10H8F3N3O/c11-10(12,13)6-1-2-8(14-3-6)9-15-4-7(5-17)16-9/h1-4,17H,5H2,(H,15,16). The summed E-state index contributed by atoms with van der Waals surface area (Å²) in [6.07, 6.45) is -2.25. The van der Waals surface area contributed by atoms with Crippen LogP contribution in [0.15, 0.2) is 24.5 Å². The van der Waals surface area contributed by atoms with Gasteiger partial charge in [-0.3, -0.25) is 4.98 Å². The molecule has 2 rings (SSSR count). The lowest BCUT2D eigenvalue weighted by Crippen LogP contribution is -2.05. The largest absolute Gasteiger partial charge is 0.417 e. The van der Waals surface area contributed by atoms with E-state index < -0.39 is 11.7 Å². The number of pyridine rings is 1. The Balaban J connectivity index is 2.29. The van der Waals surface area contributed by atoms with Crippen LogP contribution in [0.3, 0.4) is 0 Å². The fourth-order valence-corrected chi connectivity index (χ4v) is 1.27. The molecule has 0 spiro atoms. The van der Waals surface area contributed by atoms with Gasteiger partial charge in [0.2, 0.25) is 0 Å². The second-order valence-corrected chi connectivity index (χ2v) is 3.35. The number of alkyl halides is 3. The number of nitrogens with zero attached hydrogens (tertiary/aromatic N) is 2. The molecule has 2 aromatic rings. The van der Waals surface area contributed by atoms with Crippen molar-refractivity contribution in [2.75, 3.05) is 0 Å². The molecule has 0 aromatic carbocycles. The Morgan fingerprint density at radius 2 is 1.94 bits per heavy atom. The summed E-state index contributed by atoms with van der Waals surface area (Å²) in [6, 6.07) is 2.16. The number of aromatic nitrogens is 3. The molecule has 4 nitrogen and oxygen atoms in total. The smallest absolute Gasteiger partial charge is 0.390 e. The summed E-state index contributed by atoms with van der Waals surface area (Å²) in [5.74, 6) is 0.322. The van der Waals surface area contributed by atoms with Gasteiger partial charge in [-0.1, -0.05) is 0 Å². The van der Waals surface area contributed by atoms with Gasteiger partial charge >= 0.3 is 6.18 Å². The summed E-state index contributed by atoms with van der Waals surface area (Å²) in [5, 5.41) is 8.81. The zero-order valence-electron chi connectivity index (χ0n) is 8.49. The Bertz CT molecular complexity index is 504. The van der Waals surface area contributed by atoms with Gasteiger partial charge in [0, 0.05) is 6.20 Å². The molecule has 0 saturated heterocycles. The first kappa shape index (κ1) is 11.6. The number of hydrogen-bond donors (Lipinski definition) is 2. The van der Waals surface area contributed by atoms with Crippen LogP contribution in [0.5, 0.6) is 0 Å². The van der Waals surface area contributed by atoms with Crippen LogP contribution in [-0.2, 0) is 12.8 Å². The molecule has 2 heterocycles. The van der Waals surface area contributed by atoms with Gasteiger partial charge in [0.05, 0.1) is 24.1 Å². The highest BCUT2D eigenvalue weighted by molar-refractivity contribution is 5.49. The number of H-pyrrole nitrogens is 1. The molecule has 0 aliphatic rings. The quantitative estimate of drug-likeness (QED) is 0.847. The lowest BCUT2D eigenvalue weighted by molar-refractivity contribution is -0.137. The van der Waals surface area contributed by atoms with Crippen molar-refractivity contribution >= 4 is 0 Å². The van der Waals surface area contributed by atoms with Crippen LogP contribution < -0.4 is 0 Å². The van der Waals surface area contributed by atoms with Crippen LogP contribution in [0.2, 0.25) is 0 Å². The lowest BCUT2D eigenvalue weighted by atomic mass is 10.2. The molecular formula is C10H8F3N3O. The Morgan fingerprint density at radius 3 is 2.41 bits per heavy atom. The molecule has 90 valence electrons. The number of hydrogen-bond acceptors (Lipinski definition) is 3. The van der Waals surface area contributed by atoms with Crippen molar-refractivity contribution in [3.63, 3.8) is 0 Å². The minimum Gasteiger partial charge on any atom is -0.390 e. The van der Waals surface area contributed by atoms with Crippen molar-refractivity contribution in [1.82, 2.24) is 15.0 Å². The van der Waals surface area contributed by atoms with Gasteiger partial charge in [-0.25, -0.2) is 4.98 Å². The number of halogens is 3. The Kier molecular flexibility index (Phi) is 2.84. The Morgan fingerprint density at radius 1 is 1.18 bits per heavy atom. The van der Waals surface area contributed by atoms with Crippen molar-refractivity contribution in [2.45, 2.75) is 12.8 Å². The van der Waals surface area contributed by atoms with Crippen molar-refractivity contribution in [1.29, 1.82) is 0 Å². The molecule has 2 aromatic heterocycles. The predicted octanol–water partition coefficient (Wildman–Crippen LogP) is 1.98. The number of aromatic amines is 1. The summed E-state index contributed by atoms with van der Waals surface area (Å²) in [5.41, 5.74) is -0.0467. The molecule has 0 aliphatic carbocycles. The lowest BCUT2D eigenvalue weighted by Gasteiger charge is -2.05. The molecule has 0 amide bonds. The fourth-order valence-electron chi connectivity index (χ4n) is 1.27. The van der Waals surface area contributed by atoms with Crippen molar-refractivity contribution in [3.8, 4) is 11.5 Å². The zero-order chi connectivity index (χ0) is 12.5. The van der Waals surface area contributed by atoms with E-state index in [1.165, 1.54) is 12.3 Å². The van der Waals surface area contributed by atoms with E-state index in [9.17, 15) is 13.2 Å². The molecule has 7 heteroatoms. The Labute approximate surface area is 94.2 Å². The summed E-state index contributed by atoms with van der Waals surface area (Å²) in [4.78, 5) is 10.3. The first-order valence-electron chi connectivity index (χ1n) is 4.69. The predicted molar refractivity (Wildman–Crippen MR) is 52.7 cm³/mol. The van der Waals surface area contributed by atoms with Gasteiger partial charge in [-0.15, -0.1) is 0 Å². The SMILES string of the molecule is OCc1cnc(-c2ccc(C(F)(F)F)cn2)[nH]1. The molecule has 0 saturated carbocycles. The van der Waals surface area contributed by atoms with Crippen molar-refractivity contribution in [2.24, 2.45) is 0 Å². The summed E-state index contributed by atoms with van der Waals surface area (Å²) in [6.45, 7) is -0.215. The zero-order valence-corrected chi connectivity index (χ0v) is 8.49. The van der Waals surface area contributed by atoms with E-state index in [1.807, 2.05) is 0 Å². The van der Waals surface area contributed by atoms with Crippen LogP contribution in [-0.4, -0.2) is 20.1 Å². The molecule has 0 atom stereocenters. The first-order valence-corrected chi connectivity index (χ1v) is 4.69. The third-order valence-corrected chi connectivity index (χ3v) is 2.13. The van der Waals surface area contributed by atoms with Gasteiger partial charge in [0.1, 0.15) is 5.69 Å². The van der Waals surface area contributed by atoms with Gasteiger partial charge in [0.25, 0.3) is 0 Å². The first-order chi connectivity index (χ1) is 8.00. The number of nitrogens with one attached hydrogen (secondary N) is 1. The van der Waals surface area contributed by atoms with Gasteiger partial charge < -0.3 is 10.1 Å². The van der Waals surface area contributed by atoms with Crippen LogP contribution >= 0.6 is 0 Å². The van der Waals surface area contributed by atoms with Crippen LogP contribution in [0.1, 0.15) is 11.3 Å². The molecule has 0 bridgehead atoms. The van der Waals surface area contributed by atoms with Crippen LogP contribution in [0.25, 0.3) is 11.5 Å². The summed E-state index contributed by atoms with van der Waals surface area (Å²) >= 11 is 0. The highest BCUT2D eigenvalue weighted by Gasteiger charge is 2.30. The normalized spacial score (nSPS) is 11.8. The third-order valence-electron chi connectivity index (χ3n) is 2.13. The molecule has 0 aliphatic heterocycles. The van der Waals surface area contributed by atoms with Gasteiger partial charge in [-0.2, -0.15) is 13.2 Å². The average Bonchev–Trinajstić information content (AvgIpc) is 2.76. The molecule has 0 radical (unpaired) electrons. The molecule has 0 fully saturated rings. The molecule has 17 heavy (non-hydrogen) atoms. The number of aliphatic hydroxyl groups excluding tert-OH is 1. The second kappa shape index (κ2) is 4.17. The monoisotopic (exact) mass is 243 g/mol. The third kappa shape index (κ3) is 2.44. The number of aliphatic hydroxyl groups is 1. The maximum atomic E-state index is 12.3. The highest BCUT2D eigenvalue weighted by atomic mass is 19.4. The maximum absolute atomic E-state index is 12.3. The van der Waals surface area contributed by atoms with E-state index in [4.69, 9.17) is 5.11 Å². The molecular weight excluding hydrogens is 235 g/mol. The van der Waals surface area contributed by atoms with E-state index in [-0.39, 0.29) is 12.3 Å².